The third-order valence-corrected chi connectivity index (χ3v) is 6.99. The summed E-state index contributed by atoms with van der Waals surface area (Å²) in [6, 6.07) is 4.89. The fourth-order valence-corrected chi connectivity index (χ4v) is 4.90. The molecule has 1 aliphatic rings. The summed E-state index contributed by atoms with van der Waals surface area (Å²) in [5.74, 6) is 1.22. The zero-order valence-corrected chi connectivity index (χ0v) is 19.3. The van der Waals surface area contributed by atoms with Gasteiger partial charge in [-0.1, -0.05) is 0 Å². The standard InChI is InChI=1S/C22H27N5O5S/c1-13-14(2)33-22-19(13)21(24-18(25-22)11-26-7-9-32-10-8-26)23-17(12-28)20(29)15-3-5-16(6-4-15)27(30)31/h3-6,17,20,28-29H,7-12H2,1-2H3,(H,23,24,25)/t17-,20-/m0/s1. The Morgan fingerprint density at radius 1 is 1.24 bits per heavy atom. The van der Waals surface area contributed by atoms with E-state index in [4.69, 9.17) is 14.7 Å². The Bertz CT molecular complexity index is 1130. The molecule has 10 nitrogen and oxygen atoms in total. The summed E-state index contributed by atoms with van der Waals surface area (Å²) in [5, 5.41) is 35.9. The highest BCUT2D eigenvalue weighted by Crippen LogP contribution is 2.34. The van der Waals surface area contributed by atoms with Crippen LogP contribution in [-0.2, 0) is 11.3 Å². The summed E-state index contributed by atoms with van der Waals surface area (Å²) in [7, 11) is 0. The Kier molecular flexibility index (Phi) is 7.15. The number of fused-ring (bicyclic) bond motifs is 1. The number of non-ortho nitro benzene ring substituents is 1. The maximum absolute atomic E-state index is 10.9. The first-order chi connectivity index (χ1) is 15.9. The molecule has 4 rings (SSSR count). The molecule has 0 spiro atoms. The minimum Gasteiger partial charge on any atom is -0.394 e. The molecule has 1 saturated heterocycles. The van der Waals surface area contributed by atoms with Crippen molar-refractivity contribution < 1.29 is 19.9 Å². The van der Waals surface area contributed by atoms with Gasteiger partial charge in [0.1, 0.15) is 22.6 Å². The topological polar surface area (TPSA) is 134 Å². The first-order valence-electron chi connectivity index (χ1n) is 10.7. The molecule has 2 aromatic heterocycles. The van der Waals surface area contributed by atoms with E-state index in [1.54, 1.807) is 11.3 Å². The predicted molar refractivity (Wildman–Crippen MR) is 126 cm³/mol. The third-order valence-electron chi connectivity index (χ3n) is 5.89. The number of nitrogens with one attached hydrogen (secondary N) is 1. The molecule has 0 amide bonds. The van der Waals surface area contributed by atoms with Gasteiger partial charge in [-0.3, -0.25) is 15.0 Å². The molecule has 1 aromatic carbocycles. The summed E-state index contributed by atoms with van der Waals surface area (Å²) < 4.78 is 5.42. The lowest BCUT2D eigenvalue weighted by molar-refractivity contribution is -0.384. The van der Waals surface area contributed by atoms with Crippen LogP contribution in [0.25, 0.3) is 10.2 Å². The molecule has 3 N–H and O–H groups in total. The van der Waals surface area contributed by atoms with Crippen LogP contribution in [0.2, 0.25) is 0 Å². The van der Waals surface area contributed by atoms with Gasteiger partial charge in [-0.05, 0) is 37.1 Å². The molecule has 0 bridgehead atoms. The summed E-state index contributed by atoms with van der Waals surface area (Å²) >= 11 is 1.59. The van der Waals surface area contributed by atoms with Crippen LogP contribution in [0.4, 0.5) is 11.5 Å². The van der Waals surface area contributed by atoms with Crippen molar-refractivity contribution in [1.29, 1.82) is 0 Å². The maximum Gasteiger partial charge on any atom is 0.269 e. The maximum atomic E-state index is 10.9. The van der Waals surface area contributed by atoms with Crippen LogP contribution in [0, 0.1) is 24.0 Å². The first-order valence-corrected chi connectivity index (χ1v) is 11.6. The molecule has 3 aromatic rings. The number of hydrogen-bond acceptors (Lipinski definition) is 10. The van der Waals surface area contributed by atoms with Crippen molar-refractivity contribution >= 4 is 33.1 Å². The Hall–Kier alpha value is -2.70. The van der Waals surface area contributed by atoms with Crippen molar-refractivity contribution in [3.63, 3.8) is 0 Å². The second kappa shape index (κ2) is 10.1. The summed E-state index contributed by atoms with van der Waals surface area (Å²) in [6.45, 7) is 7.24. The first kappa shape index (κ1) is 23.5. The summed E-state index contributed by atoms with van der Waals surface area (Å²) in [5.41, 5.74) is 1.45. The average Bonchev–Trinajstić information content (AvgIpc) is 3.11. The Morgan fingerprint density at radius 2 is 1.94 bits per heavy atom. The lowest BCUT2D eigenvalue weighted by atomic mass is 10.0. The van der Waals surface area contributed by atoms with Crippen LogP contribution in [0.15, 0.2) is 24.3 Å². The number of rotatable bonds is 8. The van der Waals surface area contributed by atoms with Crippen LogP contribution in [0.1, 0.15) is 27.9 Å². The predicted octanol–water partition coefficient (Wildman–Crippen LogP) is 2.55. The van der Waals surface area contributed by atoms with E-state index >= 15 is 0 Å². The van der Waals surface area contributed by atoms with Crippen LogP contribution >= 0.6 is 11.3 Å². The van der Waals surface area contributed by atoms with Gasteiger partial charge in [-0.15, -0.1) is 11.3 Å². The molecule has 11 heteroatoms. The van der Waals surface area contributed by atoms with Crippen molar-refractivity contribution in [2.45, 2.75) is 32.5 Å². The van der Waals surface area contributed by atoms with Gasteiger partial charge in [-0.2, -0.15) is 0 Å². The Balaban J connectivity index is 1.63. The molecule has 2 atom stereocenters. The molecule has 33 heavy (non-hydrogen) atoms. The van der Waals surface area contributed by atoms with E-state index in [9.17, 15) is 20.3 Å². The van der Waals surface area contributed by atoms with Crippen LogP contribution in [-0.4, -0.2) is 69.0 Å². The lowest BCUT2D eigenvalue weighted by Gasteiger charge is -2.26. The zero-order valence-electron chi connectivity index (χ0n) is 18.5. The van der Waals surface area contributed by atoms with Crippen LogP contribution in [0.3, 0.4) is 0 Å². The molecule has 0 saturated carbocycles. The van der Waals surface area contributed by atoms with E-state index < -0.39 is 17.1 Å². The number of aromatic nitrogens is 2. The number of aryl methyl sites for hydroxylation is 2. The highest BCUT2D eigenvalue weighted by molar-refractivity contribution is 7.18. The average molecular weight is 474 g/mol. The number of nitro benzene ring substituents is 1. The quantitative estimate of drug-likeness (QED) is 0.333. The van der Waals surface area contributed by atoms with E-state index in [1.165, 1.54) is 24.3 Å². The molecular formula is C22H27N5O5S. The summed E-state index contributed by atoms with van der Waals surface area (Å²) in [4.78, 5) is 24.2. The van der Waals surface area contributed by atoms with E-state index in [2.05, 4.69) is 10.2 Å². The second-order valence-electron chi connectivity index (χ2n) is 8.07. The number of benzene rings is 1. The van der Waals surface area contributed by atoms with Gasteiger partial charge in [0.15, 0.2) is 0 Å². The fraction of sp³-hybridized carbons (Fsp3) is 0.455. The number of hydrogen-bond donors (Lipinski definition) is 3. The zero-order chi connectivity index (χ0) is 23.5. The minimum atomic E-state index is -1.09. The number of anilines is 1. The SMILES string of the molecule is Cc1sc2nc(CN3CCOCC3)nc(N[C@@H](CO)[C@@H](O)c3ccc([N+](=O)[O-])cc3)c2c1C. The van der Waals surface area contributed by atoms with E-state index in [0.29, 0.717) is 37.0 Å². The van der Waals surface area contributed by atoms with E-state index in [0.717, 1.165) is 33.7 Å². The van der Waals surface area contributed by atoms with Gasteiger partial charge in [0.2, 0.25) is 0 Å². The molecule has 0 aliphatic carbocycles. The van der Waals surface area contributed by atoms with Crippen molar-refractivity contribution in [2.75, 3.05) is 38.2 Å². The van der Waals surface area contributed by atoms with Crippen molar-refractivity contribution in [1.82, 2.24) is 14.9 Å². The molecule has 1 aliphatic heterocycles. The number of thiophene rings is 1. The highest BCUT2D eigenvalue weighted by atomic mass is 32.1. The van der Waals surface area contributed by atoms with Gasteiger partial charge < -0.3 is 20.3 Å². The number of nitrogens with zero attached hydrogens (tertiary/aromatic N) is 4. The van der Waals surface area contributed by atoms with Crippen LogP contribution in [0.5, 0.6) is 0 Å². The minimum absolute atomic E-state index is 0.0610. The summed E-state index contributed by atoms with van der Waals surface area (Å²) in [6.07, 6.45) is -1.09. The van der Waals surface area contributed by atoms with Crippen molar-refractivity contribution in [3.8, 4) is 0 Å². The van der Waals surface area contributed by atoms with E-state index in [-0.39, 0.29) is 12.3 Å². The van der Waals surface area contributed by atoms with E-state index in [1.807, 2.05) is 13.8 Å². The monoisotopic (exact) mass is 473 g/mol. The number of aliphatic hydroxyl groups is 2. The van der Waals surface area contributed by atoms with Gasteiger partial charge in [0.25, 0.3) is 5.69 Å². The number of ether oxygens (including phenoxy) is 1. The van der Waals surface area contributed by atoms with Crippen molar-refractivity contribution in [3.05, 3.63) is 56.2 Å². The van der Waals surface area contributed by atoms with Gasteiger partial charge >= 0.3 is 0 Å². The van der Waals surface area contributed by atoms with Crippen LogP contribution < -0.4 is 5.32 Å². The smallest absolute Gasteiger partial charge is 0.269 e. The molecule has 1 fully saturated rings. The number of nitro groups is 1. The lowest BCUT2D eigenvalue weighted by Crippen LogP contribution is -2.36. The molecular weight excluding hydrogens is 446 g/mol. The third kappa shape index (κ3) is 5.12. The molecule has 176 valence electrons. The molecule has 0 unspecified atom stereocenters. The van der Waals surface area contributed by atoms with Gasteiger partial charge in [0, 0.05) is 30.1 Å². The molecule has 3 heterocycles. The number of aliphatic hydroxyl groups excluding tert-OH is 2. The van der Waals surface area contributed by atoms with Gasteiger partial charge in [-0.25, -0.2) is 9.97 Å². The largest absolute Gasteiger partial charge is 0.394 e. The fourth-order valence-electron chi connectivity index (χ4n) is 3.85. The van der Waals surface area contributed by atoms with Crippen molar-refractivity contribution in [2.24, 2.45) is 0 Å². The second-order valence-corrected chi connectivity index (χ2v) is 9.27. The molecule has 0 radical (unpaired) electrons. The highest BCUT2D eigenvalue weighted by Gasteiger charge is 2.24. The normalized spacial score (nSPS) is 16.6. The Morgan fingerprint density at radius 3 is 2.58 bits per heavy atom. The van der Waals surface area contributed by atoms with Gasteiger partial charge in [0.05, 0.1) is 42.7 Å². The Labute approximate surface area is 195 Å². The number of morpholine rings is 1.